The third-order valence-corrected chi connectivity index (χ3v) is 2.34. The van der Waals surface area contributed by atoms with Gasteiger partial charge >= 0.3 is 0 Å². The van der Waals surface area contributed by atoms with Gasteiger partial charge in [-0.25, -0.2) is 0 Å². The minimum absolute atomic E-state index is 0.465. The van der Waals surface area contributed by atoms with E-state index in [0.29, 0.717) is 6.04 Å². The summed E-state index contributed by atoms with van der Waals surface area (Å²) >= 11 is 0. The van der Waals surface area contributed by atoms with Crippen molar-refractivity contribution in [3.05, 3.63) is 35.4 Å². The monoisotopic (exact) mass is 163 g/mol. The van der Waals surface area contributed by atoms with Crippen molar-refractivity contribution in [1.82, 2.24) is 5.48 Å². The molecule has 0 heterocycles. The lowest BCUT2D eigenvalue weighted by Gasteiger charge is -2.07. The summed E-state index contributed by atoms with van der Waals surface area (Å²) in [5, 5.41) is 0. The van der Waals surface area contributed by atoms with Gasteiger partial charge in [0.1, 0.15) is 0 Å². The SMILES string of the molecule is CONC1Cc2ccccc2C1. The summed E-state index contributed by atoms with van der Waals surface area (Å²) < 4.78 is 0. The molecule has 64 valence electrons. The number of rotatable bonds is 2. The second kappa shape index (κ2) is 3.25. The zero-order valence-corrected chi connectivity index (χ0v) is 7.21. The van der Waals surface area contributed by atoms with Crippen molar-refractivity contribution in [2.45, 2.75) is 18.9 Å². The van der Waals surface area contributed by atoms with Crippen molar-refractivity contribution in [2.75, 3.05) is 7.11 Å². The Morgan fingerprint density at radius 3 is 2.33 bits per heavy atom. The van der Waals surface area contributed by atoms with Crippen LogP contribution in [0.1, 0.15) is 11.1 Å². The van der Waals surface area contributed by atoms with Crippen molar-refractivity contribution in [3.8, 4) is 0 Å². The Balaban J connectivity index is 2.11. The molecule has 2 heteroatoms. The molecule has 0 aromatic heterocycles. The molecule has 0 unspecified atom stereocenters. The highest BCUT2D eigenvalue weighted by molar-refractivity contribution is 5.33. The van der Waals surface area contributed by atoms with E-state index < -0.39 is 0 Å². The Kier molecular flexibility index (Phi) is 2.11. The van der Waals surface area contributed by atoms with Crippen LogP contribution in [0.2, 0.25) is 0 Å². The number of nitrogens with one attached hydrogen (secondary N) is 1. The summed E-state index contributed by atoms with van der Waals surface area (Å²) in [4.78, 5) is 4.91. The minimum atomic E-state index is 0.465. The highest BCUT2D eigenvalue weighted by Crippen LogP contribution is 2.21. The Morgan fingerprint density at radius 2 is 1.83 bits per heavy atom. The largest absolute Gasteiger partial charge is 0.305 e. The van der Waals surface area contributed by atoms with Crippen molar-refractivity contribution >= 4 is 0 Å². The maximum atomic E-state index is 4.91. The summed E-state index contributed by atoms with van der Waals surface area (Å²) in [6.07, 6.45) is 2.17. The Bertz CT molecular complexity index is 247. The maximum Gasteiger partial charge on any atom is 0.0572 e. The molecule has 1 aliphatic carbocycles. The van der Waals surface area contributed by atoms with Crippen LogP contribution in [0.3, 0.4) is 0 Å². The quantitative estimate of drug-likeness (QED) is 0.664. The highest BCUT2D eigenvalue weighted by Gasteiger charge is 2.19. The molecule has 0 saturated heterocycles. The third-order valence-electron chi connectivity index (χ3n) is 2.34. The summed E-state index contributed by atoms with van der Waals surface area (Å²) in [6.45, 7) is 0. The second-order valence-corrected chi connectivity index (χ2v) is 3.20. The van der Waals surface area contributed by atoms with Gasteiger partial charge in [0.2, 0.25) is 0 Å². The van der Waals surface area contributed by atoms with Crippen LogP contribution in [-0.4, -0.2) is 13.2 Å². The van der Waals surface area contributed by atoms with Gasteiger partial charge in [-0.1, -0.05) is 24.3 Å². The molecule has 0 fully saturated rings. The van der Waals surface area contributed by atoms with Crippen LogP contribution in [0.4, 0.5) is 0 Å². The lowest BCUT2D eigenvalue weighted by molar-refractivity contribution is 0.0637. The number of hydrogen-bond acceptors (Lipinski definition) is 2. The van der Waals surface area contributed by atoms with Crippen molar-refractivity contribution in [3.63, 3.8) is 0 Å². The zero-order valence-electron chi connectivity index (χ0n) is 7.21. The van der Waals surface area contributed by atoms with Crippen LogP contribution in [0.5, 0.6) is 0 Å². The minimum Gasteiger partial charge on any atom is -0.305 e. The first kappa shape index (κ1) is 7.77. The predicted octanol–water partition coefficient (Wildman–Crippen LogP) is 1.30. The molecule has 1 aromatic rings. The van der Waals surface area contributed by atoms with Gasteiger partial charge in [0.15, 0.2) is 0 Å². The van der Waals surface area contributed by atoms with E-state index in [4.69, 9.17) is 4.84 Å². The second-order valence-electron chi connectivity index (χ2n) is 3.20. The molecule has 0 bridgehead atoms. The topological polar surface area (TPSA) is 21.3 Å². The Hall–Kier alpha value is -0.860. The van der Waals surface area contributed by atoms with Crippen LogP contribution in [0.15, 0.2) is 24.3 Å². The molecule has 12 heavy (non-hydrogen) atoms. The van der Waals surface area contributed by atoms with Crippen molar-refractivity contribution in [1.29, 1.82) is 0 Å². The van der Waals surface area contributed by atoms with Crippen molar-refractivity contribution < 1.29 is 4.84 Å². The molecule has 2 rings (SSSR count). The molecular formula is C10H13NO. The highest BCUT2D eigenvalue weighted by atomic mass is 16.6. The number of fused-ring (bicyclic) bond motifs is 1. The smallest absolute Gasteiger partial charge is 0.0572 e. The third kappa shape index (κ3) is 1.36. The van der Waals surface area contributed by atoms with E-state index in [1.165, 1.54) is 11.1 Å². The van der Waals surface area contributed by atoms with Gasteiger partial charge in [-0.05, 0) is 24.0 Å². The van der Waals surface area contributed by atoms with E-state index >= 15 is 0 Å². The molecule has 0 radical (unpaired) electrons. The van der Waals surface area contributed by atoms with Crippen LogP contribution in [-0.2, 0) is 17.7 Å². The van der Waals surface area contributed by atoms with E-state index in [1.54, 1.807) is 7.11 Å². The molecule has 0 amide bonds. The van der Waals surface area contributed by atoms with Gasteiger partial charge in [-0.15, -0.1) is 0 Å². The molecule has 0 atom stereocenters. The van der Waals surface area contributed by atoms with E-state index in [9.17, 15) is 0 Å². The first-order chi connectivity index (χ1) is 5.90. The van der Waals surface area contributed by atoms with Crippen LogP contribution < -0.4 is 5.48 Å². The molecular weight excluding hydrogens is 150 g/mol. The molecule has 0 spiro atoms. The van der Waals surface area contributed by atoms with Crippen LogP contribution >= 0.6 is 0 Å². The first-order valence-corrected chi connectivity index (χ1v) is 4.25. The van der Waals surface area contributed by atoms with Crippen LogP contribution in [0, 0.1) is 0 Å². The molecule has 0 saturated carbocycles. The fourth-order valence-electron chi connectivity index (χ4n) is 1.81. The summed E-state index contributed by atoms with van der Waals surface area (Å²) in [5.74, 6) is 0. The van der Waals surface area contributed by atoms with E-state index in [2.05, 4.69) is 29.7 Å². The number of benzene rings is 1. The lowest BCUT2D eigenvalue weighted by atomic mass is 10.1. The van der Waals surface area contributed by atoms with Crippen LogP contribution in [0.25, 0.3) is 0 Å². The summed E-state index contributed by atoms with van der Waals surface area (Å²) in [5.41, 5.74) is 5.89. The number of hydrogen-bond donors (Lipinski definition) is 1. The van der Waals surface area contributed by atoms with Gasteiger partial charge in [0.05, 0.1) is 7.11 Å². The fraction of sp³-hybridized carbons (Fsp3) is 0.400. The van der Waals surface area contributed by atoms with Gasteiger partial charge < -0.3 is 4.84 Å². The standard InChI is InChI=1S/C10H13NO/c1-12-11-10-6-8-4-2-3-5-9(8)7-10/h2-5,10-11H,6-7H2,1H3. The van der Waals surface area contributed by atoms with Gasteiger partial charge in [-0.2, -0.15) is 5.48 Å². The van der Waals surface area contributed by atoms with Crippen molar-refractivity contribution in [2.24, 2.45) is 0 Å². The maximum absolute atomic E-state index is 4.91. The zero-order chi connectivity index (χ0) is 8.39. The fourth-order valence-corrected chi connectivity index (χ4v) is 1.81. The molecule has 0 aliphatic heterocycles. The molecule has 2 nitrogen and oxygen atoms in total. The summed E-state index contributed by atoms with van der Waals surface area (Å²) in [7, 11) is 1.67. The van der Waals surface area contributed by atoms with E-state index in [-0.39, 0.29) is 0 Å². The number of hydroxylamine groups is 1. The Labute approximate surface area is 72.5 Å². The first-order valence-electron chi connectivity index (χ1n) is 4.25. The molecule has 1 aliphatic rings. The summed E-state index contributed by atoms with van der Waals surface area (Å²) in [6, 6.07) is 9.02. The Morgan fingerprint density at radius 1 is 1.25 bits per heavy atom. The molecule has 1 aromatic carbocycles. The average molecular weight is 163 g/mol. The molecule has 1 N–H and O–H groups in total. The van der Waals surface area contributed by atoms with Gasteiger partial charge in [0, 0.05) is 6.04 Å². The van der Waals surface area contributed by atoms with E-state index in [1.807, 2.05) is 0 Å². The van der Waals surface area contributed by atoms with E-state index in [0.717, 1.165) is 12.8 Å². The van der Waals surface area contributed by atoms with Gasteiger partial charge in [-0.3, -0.25) is 0 Å². The predicted molar refractivity (Wildman–Crippen MR) is 47.8 cm³/mol. The lowest BCUT2D eigenvalue weighted by Crippen LogP contribution is -2.28. The average Bonchev–Trinajstić information content (AvgIpc) is 2.47. The van der Waals surface area contributed by atoms with Gasteiger partial charge in [0.25, 0.3) is 0 Å². The normalized spacial score (nSPS) is 16.4.